The summed E-state index contributed by atoms with van der Waals surface area (Å²) in [7, 11) is 0. The number of nitrogens with one attached hydrogen (secondary N) is 1. The molecule has 1 atom stereocenters. The second-order valence-electron chi connectivity index (χ2n) is 5.74. The summed E-state index contributed by atoms with van der Waals surface area (Å²) in [5, 5.41) is 3.14. The Morgan fingerprint density at radius 1 is 1.41 bits per heavy atom. The van der Waals surface area contributed by atoms with Gasteiger partial charge in [0.05, 0.1) is 5.54 Å². The molecular weight excluding hydrogens is 214 g/mol. The summed E-state index contributed by atoms with van der Waals surface area (Å²) >= 11 is 0. The molecule has 3 N–H and O–H groups in total. The van der Waals surface area contributed by atoms with Gasteiger partial charge in [0, 0.05) is 19.5 Å². The van der Waals surface area contributed by atoms with E-state index in [0.29, 0.717) is 18.9 Å². The second-order valence-corrected chi connectivity index (χ2v) is 5.74. The molecule has 1 heterocycles. The summed E-state index contributed by atoms with van der Waals surface area (Å²) < 4.78 is 0. The number of hydrogen-bond acceptors (Lipinski definition) is 3. The van der Waals surface area contributed by atoms with Crippen molar-refractivity contribution in [2.75, 3.05) is 26.2 Å². The van der Waals surface area contributed by atoms with Crippen LogP contribution in [0.5, 0.6) is 0 Å². The zero-order chi connectivity index (χ0) is 12.3. The number of hydrogen-bond donors (Lipinski definition) is 2. The highest BCUT2D eigenvalue weighted by Gasteiger charge is 2.41. The van der Waals surface area contributed by atoms with Crippen LogP contribution in [-0.4, -0.2) is 42.5 Å². The van der Waals surface area contributed by atoms with Gasteiger partial charge in [0.1, 0.15) is 0 Å². The van der Waals surface area contributed by atoms with Gasteiger partial charge in [-0.25, -0.2) is 0 Å². The average Bonchev–Trinajstić information content (AvgIpc) is 3.05. The lowest BCUT2D eigenvalue weighted by Crippen LogP contribution is -2.53. The van der Waals surface area contributed by atoms with E-state index in [9.17, 15) is 4.79 Å². The molecule has 4 nitrogen and oxygen atoms in total. The van der Waals surface area contributed by atoms with Crippen molar-refractivity contribution in [2.24, 2.45) is 11.7 Å². The number of nitrogens with two attached hydrogens (primary N) is 1. The van der Waals surface area contributed by atoms with E-state index in [4.69, 9.17) is 5.73 Å². The zero-order valence-electron chi connectivity index (χ0n) is 10.9. The van der Waals surface area contributed by atoms with Crippen molar-refractivity contribution in [3.8, 4) is 0 Å². The van der Waals surface area contributed by atoms with E-state index in [0.717, 1.165) is 19.6 Å². The monoisotopic (exact) mass is 239 g/mol. The fraction of sp³-hybridized carbons (Fsp3) is 0.923. The van der Waals surface area contributed by atoms with Crippen molar-refractivity contribution >= 4 is 5.91 Å². The molecule has 0 aromatic carbocycles. The van der Waals surface area contributed by atoms with Gasteiger partial charge in [0.2, 0.25) is 5.91 Å². The molecule has 4 heteroatoms. The van der Waals surface area contributed by atoms with Crippen LogP contribution in [0.2, 0.25) is 0 Å². The third kappa shape index (κ3) is 3.42. The summed E-state index contributed by atoms with van der Waals surface area (Å²) in [6, 6.07) is 0. The van der Waals surface area contributed by atoms with Gasteiger partial charge in [-0.1, -0.05) is 0 Å². The van der Waals surface area contributed by atoms with Crippen LogP contribution in [0.25, 0.3) is 0 Å². The van der Waals surface area contributed by atoms with Crippen LogP contribution in [-0.2, 0) is 4.79 Å². The number of likely N-dealkylation sites (tertiary alicyclic amines) is 1. The number of amides is 1. The lowest BCUT2D eigenvalue weighted by molar-refractivity contribution is -0.123. The minimum atomic E-state index is -0.165. The minimum Gasteiger partial charge on any atom is -0.349 e. The van der Waals surface area contributed by atoms with Crippen molar-refractivity contribution in [3.63, 3.8) is 0 Å². The van der Waals surface area contributed by atoms with Crippen LogP contribution in [0, 0.1) is 5.92 Å². The molecule has 0 bridgehead atoms. The van der Waals surface area contributed by atoms with E-state index in [-0.39, 0.29) is 11.4 Å². The van der Waals surface area contributed by atoms with Crippen LogP contribution in [0.15, 0.2) is 0 Å². The highest BCUT2D eigenvalue weighted by molar-refractivity contribution is 5.77. The third-order valence-electron chi connectivity index (χ3n) is 4.18. The van der Waals surface area contributed by atoms with Gasteiger partial charge in [-0.3, -0.25) is 4.79 Å². The molecule has 98 valence electrons. The first-order chi connectivity index (χ1) is 8.14. The fourth-order valence-corrected chi connectivity index (χ4v) is 2.69. The number of carbonyl (C=O) groups is 1. The molecule has 1 saturated heterocycles. The highest BCUT2D eigenvalue weighted by Crippen LogP contribution is 2.38. The maximum absolute atomic E-state index is 11.9. The van der Waals surface area contributed by atoms with E-state index >= 15 is 0 Å². The SMILES string of the molecule is CC(CN)(NC(=O)CCN1CCCC1)C1CC1. The lowest BCUT2D eigenvalue weighted by atomic mass is 9.96. The molecule has 1 aliphatic carbocycles. The predicted octanol–water partition coefficient (Wildman–Crippen LogP) is 0.716. The summed E-state index contributed by atoms with van der Waals surface area (Å²) in [5.41, 5.74) is 5.62. The topological polar surface area (TPSA) is 58.4 Å². The Labute approximate surface area is 104 Å². The molecule has 1 saturated carbocycles. The third-order valence-corrected chi connectivity index (χ3v) is 4.18. The molecule has 1 unspecified atom stereocenters. The maximum Gasteiger partial charge on any atom is 0.221 e. The first kappa shape index (κ1) is 12.8. The molecule has 0 radical (unpaired) electrons. The Morgan fingerprint density at radius 3 is 2.59 bits per heavy atom. The highest BCUT2D eigenvalue weighted by atomic mass is 16.1. The zero-order valence-corrected chi connectivity index (χ0v) is 10.9. The smallest absolute Gasteiger partial charge is 0.221 e. The molecule has 0 aromatic rings. The van der Waals surface area contributed by atoms with E-state index in [2.05, 4.69) is 17.1 Å². The van der Waals surface area contributed by atoms with E-state index in [1.165, 1.54) is 25.7 Å². The van der Waals surface area contributed by atoms with Gasteiger partial charge >= 0.3 is 0 Å². The fourth-order valence-electron chi connectivity index (χ4n) is 2.69. The largest absolute Gasteiger partial charge is 0.349 e. The van der Waals surface area contributed by atoms with Gasteiger partial charge in [0.15, 0.2) is 0 Å². The van der Waals surface area contributed by atoms with Crippen molar-refractivity contribution in [3.05, 3.63) is 0 Å². The molecule has 1 aliphatic heterocycles. The van der Waals surface area contributed by atoms with Crippen LogP contribution in [0.4, 0.5) is 0 Å². The Balaban J connectivity index is 1.71. The molecule has 0 aromatic heterocycles. The Hall–Kier alpha value is -0.610. The molecular formula is C13H25N3O. The van der Waals surface area contributed by atoms with Crippen molar-refractivity contribution in [1.29, 1.82) is 0 Å². The maximum atomic E-state index is 11.9. The summed E-state index contributed by atoms with van der Waals surface area (Å²) in [6.45, 7) is 5.84. The van der Waals surface area contributed by atoms with E-state index in [1.54, 1.807) is 0 Å². The Kier molecular flexibility index (Phi) is 4.05. The van der Waals surface area contributed by atoms with Crippen LogP contribution in [0.3, 0.4) is 0 Å². The minimum absolute atomic E-state index is 0.164. The van der Waals surface area contributed by atoms with Crippen LogP contribution >= 0.6 is 0 Å². The van der Waals surface area contributed by atoms with Crippen molar-refractivity contribution < 1.29 is 4.79 Å². The Bertz CT molecular complexity index is 272. The summed E-state index contributed by atoms with van der Waals surface area (Å²) in [4.78, 5) is 14.3. The molecule has 17 heavy (non-hydrogen) atoms. The number of carbonyl (C=O) groups excluding carboxylic acids is 1. The van der Waals surface area contributed by atoms with Crippen LogP contribution in [0.1, 0.15) is 39.0 Å². The average molecular weight is 239 g/mol. The lowest BCUT2D eigenvalue weighted by Gasteiger charge is -2.30. The van der Waals surface area contributed by atoms with Gasteiger partial charge in [-0.15, -0.1) is 0 Å². The van der Waals surface area contributed by atoms with Gasteiger partial charge < -0.3 is 16.0 Å². The first-order valence-electron chi connectivity index (χ1n) is 6.87. The second kappa shape index (κ2) is 5.36. The number of rotatable bonds is 6. The number of nitrogens with zero attached hydrogens (tertiary/aromatic N) is 1. The normalized spacial score (nSPS) is 24.6. The quantitative estimate of drug-likeness (QED) is 0.718. The van der Waals surface area contributed by atoms with Crippen molar-refractivity contribution in [1.82, 2.24) is 10.2 Å². The van der Waals surface area contributed by atoms with E-state index in [1.807, 2.05) is 0 Å². The predicted molar refractivity (Wildman–Crippen MR) is 68.6 cm³/mol. The first-order valence-corrected chi connectivity index (χ1v) is 6.87. The van der Waals surface area contributed by atoms with Gasteiger partial charge in [-0.2, -0.15) is 0 Å². The molecule has 2 rings (SSSR count). The molecule has 2 aliphatic rings. The summed E-state index contributed by atoms with van der Waals surface area (Å²) in [6.07, 6.45) is 5.59. The molecule has 2 fully saturated rings. The van der Waals surface area contributed by atoms with E-state index < -0.39 is 0 Å². The molecule has 0 spiro atoms. The van der Waals surface area contributed by atoms with Gasteiger partial charge in [0.25, 0.3) is 0 Å². The standard InChI is InChI=1S/C13H25N3O/c1-13(10-14,11-4-5-11)15-12(17)6-9-16-7-2-3-8-16/h11H,2-10,14H2,1H3,(H,15,17). The molecule has 1 amide bonds. The van der Waals surface area contributed by atoms with Crippen molar-refractivity contribution in [2.45, 2.75) is 44.6 Å². The van der Waals surface area contributed by atoms with Crippen LogP contribution < -0.4 is 11.1 Å². The Morgan fingerprint density at radius 2 is 2.06 bits per heavy atom. The van der Waals surface area contributed by atoms with Gasteiger partial charge in [-0.05, 0) is 51.6 Å². The summed E-state index contributed by atoms with van der Waals surface area (Å²) in [5.74, 6) is 0.764.